The molecule has 0 spiro atoms. The van der Waals surface area contributed by atoms with Gasteiger partial charge in [-0.1, -0.05) is 38.1 Å². The van der Waals surface area contributed by atoms with E-state index < -0.39 is 38.7 Å². The summed E-state index contributed by atoms with van der Waals surface area (Å²) in [6.45, 7) is 15.6. The fourth-order valence-corrected chi connectivity index (χ4v) is 12.0. The van der Waals surface area contributed by atoms with Crippen LogP contribution in [-0.2, 0) is 38.7 Å². The lowest BCUT2D eigenvalue weighted by molar-refractivity contribution is 0.0697. The summed E-state index contributed by atoms with van der Waals surface area (Å²) in [4.78, 5) is 29.5. The Morgan fingerprint density at radius 3 is 1.23 bits per heavy atom. The number of aromatic nitrogens is 2. The zero-order valence-corrected chi connectivity index (χ0v) is 48.0. The van der Waals surface area contributed by atoms with Crippen LogP contribution in [0.3, 0.4) is 0 Å². The molecule has 0 unspecified atom stereocenters. The minimum absolute atomic E-state index is 0.0870. The number of nitrogens with zero attached hydrogens (tertiary/aromatic N) is 5. The molecule has 21 heteroatoms. The molecule has 2 aliphatic rings. The molecule has 0 aliphatic carbocycles. The Morgan fingerprint density at radius 2 is 0.880 bits per heavy atom. The van der Waals surface area contributed by atoms with Crippen molar-refractivity contribution in [3.05, 3.63) is 132 Å². The van der Waals surface area contributed by atoms with E-state index in [0.29, 0.717) is 44.6 Å². The van der Waals surface area contributed by atoms with Gasteiger partial charge >= 0.3 is 0 Å². The van der Waals surface area contributed by atoms with Crippen LogP contribution in [0.2, 0.25) is 0 Å². The van der Waals surface area contributed by atoms with E-state index in [1.54, 1.807) is 32.6 Å². The minimum Gasteiger partial charge on any atom is -0.336 e. The van der Waals surface area contributed by atoms with E-state index in [-0.39, 0.29) is 45.7 Å². The quantitative estimate of drug-likeness (QED) is 0.0982. The number of hydrogen-bond donors (Lipinski definition) is 1. The number of fused-ring (bicyclic) bond motifs is 2. The van der Waals surface area contributed by atoms with Gasteiger partial charge in [0.15, 0.2) is 19.7 Å². The number of halogens is 1. The molecule has 408 valence electrons. The Labute approximate surface area is 448 Å². The van der Waals surface area contributed by atoms with E-state index in [1.165, 1.54) is 10.6 Å². The predicted molar refractivity (Wildman–Crippen MR) is 302 cm³/mol. The molecule has 8 rings (SSSR count). The molecule has 2 aliphatic heterocycles. The molecule has 2 amide bonds. The Balaban J connectivity index is 0.000000225. The molecule has 75 heavy (non-hydrogen) atoms. The number of nitrogens with one attached hydrogen (secondary N) is 1. The highest BCUT2D eigenvalue weighted by Crippen LogP contribution is 2.28. The van der Waals surface area contributed by atoms with Gasteiger partial charge in [0.05, 0.1) is 45.6 Å². The first-order chi connectivity index (χ1) is 35.1. The van der Waals surface area contributed by atoms with E-state index in [0.717, 1.165) is 82.3 Å². The summed E-state index contributed by atoms with van der Waals surface area (Å²) in [7, 11) is -8.01. The molecule has 2 saturated heterocycles. The van der Waals surface area contributed by atoms with Crippen LogP contribution in [-0.4, -0.2) is 156 Å². The minimum atomic E-state index is -3.24. The number of sulfonamides is 1. The van der Waals surface area contributed by atoms with Crippen molar-refractivity contribution >= 4 is 83.1 Å². The van der Waals surface area contributed by atoms with Crippen LogP contribution in [0.5, 0.6) is 0 Å². The third-order valence-corrected chi connectivity index (χ3v) is 19.6. The summed E-state index contributed by atoms with van der Waals surface area (Å²) in [5.41, 5.74) is 7.59. The molecule has 0 saturated carbocycles. The second-order valence-corrected chi connectivity index (χ2v) is 30.4. The summed E-state index contributed by atoms with van der Waals surface area (Å²) in [6.07, 6.45) is 7.32. The maximum Gasteiger partial charge on any atom is 0.253 e. The van der Waals surface area contributed by atoms with Gasteiger partial charge in [-0.25, -0.2) is 33.7 Å². The largest absolute Gasteiger partial charge is 0.336 e. The average Bonchev–Trinajstić information content (AvgIpc) is 4.01. The van der Waals surface area contributed by atoms with Crippen molar-refractivity contribution in [2.45, 2.75) is 76.7 Å². The van der Waals surface area contributed by atoms with Crippen LogP contribution >= 0.6 is 10.7 Å². The van der Waals surface area contributed by atoms with Gasteiger partial charge in [-0.2, -0.15) is 4.31 Å². The summed E-state index contributed by atoms with van der Waals surface area (Å²) >= 11 is 0. The molecule has 4 heterocycles. The van der Waals surface area contributed by atoms with Crippen LogP contribution < -0.4 is 5.32 Å². The van der Waals surface area contributed by atoms with Crippen LogP contribution in [0.15, 0.2) is 109 Å². The molecule has 2 fully saturated rings. The molecule has 0 bridgehead atoms. The second-order valence-electron chi connectivity index (χ2n) is 20.0. The van der Waals surface area contributed by atoms with Crippen molar-refractivity contribution in [2.75, 3.05) is 76.4 Å². The van der Waals surface area contributed by atoms with Crippen molar-refractivity contribution in [1.82, 2.24) is 28.6 Å². The van der Waals surface area contributed by atoms with Crippen LogP contribution in [0.25, 0.3) is 33.2 Å². The van der Waals surface area contributed by atoms with Crippen molar-refractivity contribution in [3.63, 3.8) is 0 Å². The van der Waals surface area contributed by atoms with E-state index >= 15 is 0 Å². The normalized spacial score (nSPS) is 15.8. The molecular weight excluding hydrogens is 1060 g/mol. The molecule has 2 aromatic heterocycles. The van der Waals surface area contributed by atoms with Crippen molar-refractivity contribution < 1.29 is 43.3 Å². The maximum atomic E-state index is 13.0. The van der Waals surface area contributed by atoms with E-state index in [1.807, 2.05) is 90.1 Å². The highest BCUT2D eigenvalue weighted by molar-refractivity contribution is 8.13. The molecule has 16 nitrogen and oxygen atoms in total. The monoisotopic (exact) mass is 1130 g/mol. The first kappa shape index (κ1) is 59.2. The molecule has 1 N–H and O–H groups in total. The van der Waals surface area contributed by atoms with Crippen molar-refractivity contribution in [1.29, 1.82) is 0 Å². The highest BCUT2D eigenvalue weighted by atomic mass is 35.7. The van der Waals surface area contributed by atoms with Gasteiger partial charge in [-0.3, -0.25) is 9.59 Å². The van der Waals surface area contributed by atoms with Crippen LogP contribution in [0.1, 0.15) is 98.1 Å². The van der Waals surface area contributed by atoms with Gasteiger partial charge in [-0.05, 0) is 136 Å². The number of piperazine rings is 2. The zero-order valence-electron chi connectivity index (χ0n) is 44.0. The standard InChI is InChI=1S/C27H35N3O5S2.C26H33N3O3S.CH3ClO2S/c1-20(2)37(34,35)18-12-21(3)22-5-8-25(9-6-22)30-13-11-23-19-24(7-10-26(23)30)27(31)28-14-16-29(17-15-28)36(4,32)33;1-19(2)33(31,32)17-11-20(3)21-4-7-24(8-5-21)29-14-10-22-18-23(6-9-25(22)29)26(30)28-15-12-27-13-16-28;1-5(2,3)4/h5-11,13,19-21H,12,14-18H2,1-4H3;4-10,14,18-20,27H,11-13,15-17H2,1-3H3;1H3/t21-;20-;/m00./s1. The van der Waals surface area contributed by atoms with Gasteiger partial charge in [0, 0.05) is 109 Å². The maximum absolute atomic E-state index is 13.0. The molecule has 6 aromatic rings. The Hall–Kier alpha value is -5.09. The fraction of sp³-hybridized carbons (Fsp3) is 0.444. The van der Waals surface area contributed by atoms with Crippen LogP contribution in [0.4, 0.5) is 0 Å². The second kappa shape index (κ2) is 24.9. The Morgan fingerprint density at radius 1 is 0.520 bits per heavy atom. The Kier molecular flexibility index (Phi) is 19.7. The number of hydrogen-bond acceptors (Lipinski definition) is 11. The van der Waals surface area contributed by atoms with Gasteiger partial charge in [0.2, 0.25) is 19.1 Å². The zero-order chi connectivity index (χ0) is 55.0. The lowest BCUT2D eigenvalue weighted by Crippen LogP contribution is -2.50. The lowest BCUT2D eigenvalue weighted by Gasteiger charge is -2.33. The fourth-order valence-electron chi connectivity index (χ4n) is 8.87. The summed E-state index contributed by atoms with van der Waals surface area (Å²) in [5.74, 6) is 0.698. The first-order valence-corrected chi connectivity index (χ1v) is 33.1. The van der Waals surface area contributed by atoms with Gasteiger partial charge in [-0.15, -0.1) is 0 Å². The molecular formula is C54H71ClN6O10S4. The number of carbonyl (C=O) groups is 2. The van der Waals surface area contributed by atoms with Crippen molar-refractivity contribution in [3.8, 4) is 11.4 Å². The third kappa shape index (κ3) is 16.0. The molecule has 4 aromatic carbocycles. The number of amides is 2. The van der Waals surface area contributed by atoms with Gasteiger partial charge < -0.3 is 24.3 Å². The smallest absolute Gasteiger partial charge is 0.253 e. The number of sulfone groups is 2. The van der Waals surface area contributed by atoms with Gasteiger partial charge in [0.25, 0.3) is 11.8 Å². The SMILES string of the molecule is CC(C)S(=O)(=O)CC[C@H](C)c1ccc(-n2ccc3cc(C(=O)N4CCN(S(C)(=O)=O)CC4)ccc32)cc1.CC(C)S(=O)(=O)CC[C@H](C)c1ccc(-n2ccc3cc(C(=O)N4CCNCC4)ccc32)cc1.CS(=O)(=O)Cl. The first-order valence-electron chi connectivity index (χ1n) is 25.1. The van der Waals surface area contributed by atoms with Crippen LogP contribution in [0, 0.1) is 0 Å². The Bertz CT molecular complexity index is 3390. The van der Waals surface area contributed by atoms with E-state index in [4.69, 9.17) is 0 Å². The predicted octanol–water partition coefficient (Wildman–Crippen LogP) is 7.84. The van der Waals surface area contributed by atoms with Crippen molar-refractivity contribution in [2.24, 2.45) is 0 Å². The topological polar surface area (TPSA) is 202 Å². The summed E-state index contributed by atoms with van der Waals surface area (Å²) in [5, 5.41) is 4.56. The lowest BCUT2D eigenvalue weighted by atomic mass is 9.98. The number of rotatable bonds is 15. The summed E-state index contributed by atoms with van der Waals surface area (Å²) < 4.78 is 96.4. The number of benzene rings is 4. The molecule has 0 radical (unpaired) electrons. The van der Waals surface area contributed by atoms with E-state index in [2.05, 4.69) is 63.2 Å². The highest BCUT2D eigenvalue weighted by Gasteiger charge is 2.27. The van der Waals surface area contributed by atoms with Gasteiger partial charge in [0.1, 0.15) is 0 Å². The summed E-state index contributed by atoms with van der Waals surface area (Å²) in [6, 6.07) is 32.0. The third-order valence-electron chi connectivity index (χ3n) is 13.9. The molecule has 2 atom stereocenters. The van der Waals surface area contributed by atoms with E-state index in [9.17, 15) is 43.3 Å². The average molecular weight is 1130 g/mol. The number of carbonyl (C=O) groups excluding carboxylic acids is 2.